The Kier molecular flexibility index (Phi) is 3.49. The van der Waals surface area contributed by atoms with Crippen molar-refractivity contribution in [1.82, 2.24) is 9.97 Å². The van der Waals surface area contributed by atoms with Crippen LogP contribution in [0.15, 0.2) is 36.0 Å². The van der Waals surface area contributed by atoms with E-state index < -0.39 is 4.92 Å². The number of aromatic nitrogens is 2. The van der Waals surface area contributed by atoms with Gasteiger partial charge in [0.05, 0.1) is 15.1 Å². The number of anilines is 1. The molecule has 0 radical (unpaired) electrons. The first-order valence-electron chi connectivity index (χ1n) is 6.31. The Morgan fingerprint density at radius 3 is 2.86 bits per heavy atom. The van der Waals surface area contributed by atoms with E-state index in [0.29, 0.717) is 17.7 Å². The van der Waals surface area contributed by atoms with Crippen molar-refractivity contribution in [2.45, 2.75) is 13.5 Å². The van der Waals surface area contributed by atoms with Crippen molar-refractivity contribution < 1.29 is 4.92 Å². The lowest BCUT2D eigenvalue weighted by atomic mass is 10.2. The van der Waals surface area contributed by atoms with Crippen LogP contribution in [0.1, 0.15) is 11.3 Å². The number of nitro groups is 1. The van der Waals surface area contributed by atoms with E-state index in [9.17, 15) is 10.1 Å². The van der Waals surface area contributed by atoms with Gasteiger partial charge < -0.3 is 5.32 Å². The summed E-state index contributed by atoms with van der Waals surface area (Å²) in [4.78, 5) is 19.2. The van der Waals surface area contributed by atoms with Gasteiger partial charge in [0, 0.05) is 18.4 Å². The highest BCUT2D eigenvalue weighted by molar-refractivity contribution is 7.16. The second-order valence-corrected chi connectivity index (χ2v) is 5.47. The van der Waals surface area contributed by atoms with E-state index >= 15 is 0 Å². The van der Waals surface area contributed by atoms with Crippen LogP contribution in [0.2, 0.25) is 0 Å². The molecule has 0 saturated heterocycles. The third-order valence-electron chi connectivity index (χ3n) is 3.11. The molecule has 0 aliphatic heterocycles. The Morgan fingerprint density at radius 1 is 1.29 bits per heavy atom. The highest BCUT2D eigenvalue weighted by atomic mass is 32.1. The molecule has 2 aromatic heterocycles. The fourth-order valence-corrected chi connectivity index (χ4v) is 2.72. The number of fused-ring (bicyclic) bond motifs is 1. The Morgan fingerprint density at radius 2 is 2.14 bits per heavy atom. The summed E-state index contributed by atoms with van der Waals surface area (Å²) >= 11 is 1.39. The molecule has 0 saturated carbocycles. The van der Waals surface area contributed by atoms with Crippen molar-refractivity contribution in [3.8, 4) is 0 Å². The number of benzene rings is 1. The van der Waals surface area contributed by atoms with E-state index in [1.165, 1.54) is 11.3 Å². The molecule has 1 N–H and O–H groups in total. The monoisotopic (exact) mass is 300 g/mol. The number of pyridine rings is 1. The molecular weight excluding hydrogens is 288 g/mol. The molecule has 0 aliphatic carbocycles. The normalized spacial score (nSPS) is 10.7. The van der Waals surface area contributed by atoms with Crippen LogP contribution in [0, 0.1) is 17.0 Å². The molecule has 2 heterocycles. The molecule has 0 aliphatic rings. The molecule has 1 aromatic carbocycles. The first-order chi connectivity index (χ1) is 10.1. The van der Waals surface area contributed by atoms with Crippen LogP contribution >= 0.6 is 11.3 Å². The van der Waals surface area contributed by atoms with Gasteiger partial charge in [-0.1, -0.05) is 6.07 Å². The third kappa shape index (κ3) is 2.68. The summed E-state index contributed by atoms with van der Waals surface area (Å²) in [6.45, 7) is 2.39. The SMILES string of the molecule is Cc1ccc(CNc2ccc3scnc3c2[N+](=O)[O-])cn1. The molecule has 0 bridgehead atoms. The minimum Gasteiger partial charge on any atom is -0.375 e. The Hall–Kier alpha value is -2.54. The molecular formula is C14H12N4O2S. The first kappa shape index (κ1) is 13.4. The number of hydrogen-bond acceptors (Lipinski definition) is 6. The Balaban J connectivity index is 1.91. The van der Waals surface area contributed by atoms with Gasteiger partial charge in [-0.05, 0) is 30.7 Å². The predicted octanol–water partition coefficient (Wildman–Crippen LogP) is 3.52. The highest BCUT2D eigenvalue weighted by Crippen LogP contribution is 2.34. The smallest absolute Gasteiger partial charge is 0.319 e. The summed E-state index contributed by atoms with van der Waals surface area (Å²) in [5.74, 6) is 0. The number of rotatable bonds is 4. The summed E-state index contributed by atoms with van der Waals surface area (Å²) < 4.78 is 0.809. The fraction of sp³-hybridized carbons (Fsp3) is 0.143. The summed E-state index contributed by atoms with van der Waals surface area (Å²) in [6.07, 6.45) is 1.76. The van der Waals surface area contributed by atoms with Crippen molar-refractivity contribution >= 4 is 32.9 Å². The van der Waals surface area contributed by atoms with E-state index in [4.69, 9.17) is 0 Å². The Labute approximate surface area is 124 Å². The van der Waals surface area contributed by atoms with Gasteiger partial charge in [0.15, 0.2) is 5.52 Å². The summed E-state index contributed by atoms with van der Waals surface area (Å²) in [5, 5.41) is 14.4. The lowest BCUT2D eigenvalue weighted by molar-refractivity contribution is -0.382. The van der Waals surface area contributed by atoms with Crippen molar-refractivity contribution in [1.29, 1.82) is 0 Å². The van der Waals surface area contributed by atoms with Crippen molar-refractivity contribution in [2.24, 2.45) is 0 Å². The van der Waals surface area contributed by atoms with Crippen LogP contribution in [-0.2, 0) is 6.54 Å². The molecule has 0 spiro atoms. The van der Waals surface area contributed by atoms with Gasteiger partial charge in [0.1, 0.15) is 5.69 Å². The molecule has 7 heteroatoms. The van der Waals surface area contributed by atoms with Crippen LogP contribution in [-0.4, -0.2) is 14.9 Å². The number of nitrogens with zero attached hydrogens (tertiary/aromatic N) is 3. The fourth-order valence-electron chi connectivity index (χ4n) is 2.04. The maximum absolute atomic E-state index is 11.3. The molecule has 3 aromatic rings. The first-order valence-corrected chi connectivity index (χ1v) is 7.19. The van der Waals surface area contributed by atoms with Crippen LogP contribution in [0.4, 0.5) is 11.4 Å². The van der Waals surface area contributed by atoms with Crippen LogP contribution in [0.3, 0.4) is 0 Å². The van der Waals surface area contributed by atoms with E-state index in [-0.39, 0.29) is 5.69 Å². The zero-order valence-corrected chi connectivity index (χ0v) is 12.1. The molecule has 21 heavy (non-hydrogen) atoms. The molecule has 0 fully saturated rings. The highest BCUT2D eigenvalue weighted by Gasteiger charge is 2.20. The van der Waals surface area contributed by atoms with Gasteiger partial charge in [0.25, 0.3) is 0 Å². The molecule has 0 amide bonds. The van der Waals surface area contributed by atoms with Crippen LogP contribution in [0.25, 0.3) is 10.2 Å². The van der Waals surface area contributed by atoms with Gasteiger partial charge in [-0.2, -0.15) is 0 Å². The number of nitrogens with one attached hydrogen (secondary N) is 1. The largest absolute Gasteiger partial charge is 0.375 e. The standard InChI is InChI=1S/C14H12N4O2S/c1-9-2-3-10(6-15-9)7-16-11-4-5-12-13(17-8-21-12)14(11)18(19)20/h2-6,8,16H,7H2,1H3. The van der Waals surface area contributed by atoms with Gasteiger partial charge in [0.2, 0.25) is 0 Å². The summed E-state index contributed by atoms with van der Waals surface area (Å²) in [5.41, 5.74) is 4.44. The second kappa shape index (κ2) is 5.45. The number of hydrogen-bond donors (Lipinski definition) is 1. The lowest BCUT2D eigenvalue weighted by Gasteiger charge is -2.07. The minimum absolute atomic E-state index is 0.0221. The third-order valence-corrected chi connectivity index (χ3v) is 3.91. The lowest BCUT2D eigenvalue weighted by Crippen LogP contribution is -2.03. The number of thiazole rings is 1. The van der Waals surface area contributed by atoms with E-state index in [2.05, 4.69) is 15.3 Å². The molecule has 3 rings (SSSR count). The van der Waals surface area contributed by atoms with Crippen molar-refractivity contribution in [2.75, 3.05) is 5.32 Å². The van der Waals surface area contributed by atoms with Crippen molar-refractivity contribution in [3.05, 3.63) is 57.3 Å². The predicted molar refractivity (Wildman–Crippen MR) is 82.6 cm³/mol. The average molecular weight is 300 g/mol. The second-order valence-electron chi connectivity index (χ2n) is 4.58. The van der Waals surface area contributed by atoms with E-state index in [0.717, 1.165) is 16.0 Å². The molecule has 0 atom stereocenters. The van der Waals surface area contributed by atoms with Gasteiger partial charge >= 0.3 is 5.69 Å². The maximum Gasteiger partial charge on any atom is 0.319 e. The Bertz CT molecular complexity index is 798. The van der Waals surface area contributed by atoms with Gasteiger partial charge in [-0.15, -0.1) is 11.3 Å². The van der Waals surface area contributed by atoms with E-state index in [1.807, 2.05) is 25.1 Å². The molecule has 0 unspecified atom stereocenters. The average Bonchev–Trinajstić information content (AvgIpc) is 2.94. The van der Waals surface area contributed by atoms with Crippen LogP contribution < -0.4 is 5.32 Å². The van der Waals surface area contributed by atoms with Crippen molar-refractivity contribution in [3.63, 3.8) is 0 Å². The quantitative estimate of drug-likeness (QED) is 0.589. The zero-order valence-electron chi connectivity index (χ0n) is 11.2. The zero-order chi connectivity index (χ0) is 14.8. The number of nitro benzene ring substituents is 1. The summed E-state index contributed by atoms with van der Waals surface area (Å²) in [6, 6.07) is 7.42. The number of aryl methyl sites for hydroxylation is 1. The molecule has 6 nitrogen and oxygen atoms in total. The van der Waals surface area contributed by atoms with Crippen LogP contribution in [0.5, 0.6) is 0 Å². The van der Waals surface area contributed by atoms with Gasteiger partial charge in [-0.3, -0.25) is 15.1 Å². The van der Waals surface area contributed by atoms with Gasteiger partial charge in [-0.25, -0.2) is 4.98 Å². The maximum atomic E-state index is 11.3. The topological polar surface area (TPSA) is 81.0 Å². The minimum atomic E-state index is -0.391. The molecule has 106 valence electrons. The summed E-state index contributed by atoms with van der Waals surface area (Å²) in [7, 11) is 0. The van der Waals surface area contributed by atoms with E-state index in [1.54, 1.807) is 17.8 Å².